The van der Waals surface area contributed by atoms with Crippen molar-refractivity contribution in [2.75, 3.05) is 11.5 Å². The van der Waals surface area contributed by atoms with Gasteiger partial charge in [-0.3, -0.25) is 9.97 Å². The first kappa shape index (κ1) is 28.0. The lowest BCUT2D eigenvalue weighted by Crippen LogP contribution is -2.13. The van der Waals surface area contributed by atoms with Gasteiger partial charge < -0.3 is 21.7 Å². The highest BCUT2D eigenvalue weighted by molar-refractivity contribution is 14.1. The number of rotatable bonds is 3. The van der Waals surface area contributed by atoms with Crippen molar-refractivity contribution in [3.05, 3.63) is 61.6 Å². The number of nitrogens with zero attached hydrogens (tertiary/aromatic N) is 2. The summed E-state index contributed by atoms with van der Waals surface area (Å²) in [6.07, 6.45) is 11.6. The van der Waals surface area contributed by atoms with E-state index in [4.69, 9.17) is 16.6 Å². The Balaban J connectivity index is 0.000000448. The zero-order chi connectivity index (χ0) is 22.8. The van der Waals surface area contributed by atoms with Gasteiger partial charge in [0.05, 0.1) is 43.0 Å². The fourth-order valence-corrected chi connectivity index (χ4v) is 2.46. The van der Waals surface area contributed by atoms with Gasteiger partial charge in [-0.25, -0.2) is 0 Å². The molecular formula is C20H27Br2IN4O2. The van der Waals surface area contributed by atoms with Crippen LogP contribution >= 0.6 is 54.5 Å². The van der Waals surface area contributed by atoms with Crippen molar-refractivity contribution in [3.8, 4) is 0 Å². The molecule has 0 amide bonds. The number of hydrogen-bond acceptors (Lipinski definition) is 6. The van der Waals surface area contributed by atoms with E-state index in [1.807, 2.05) is 0 Å². The average Bonchev–Trinajstić information content (AvgIpc) is 2.59. The Bertz CT molecular complexity index is 792. The van der Waals surface area contributed by atoms with E-state index >= 15 is 0 Å². The van der Waals surface area contributed by atoms with Gasteiger partial charge in [-0.15, -0.1) is 6.58 Å². The highest BCUT2D eigenvalue weighted by Crippen LogP contribution is 2.23. The van der Waals surface area contributed by atoms with Gasteiger partial charge in [0.15, 0.2) is 0 Å². The summed E-state index contributed by atoms with van der Waals surface area (Å²) in [5.74, 6) is 0. The van der Waals surface area contributed by atoms with E-state index in [1.54, 1.807) is 64.6 Å². The van der Waals surface area contributed by atoms with Crippen molar-refractivity contribution in [2.45, 2.75) is 38.9 Å². The van der Waals surface area contributed by atoms with Crippen LogP contribution in [0.1, 0.15) is 33.3 Å². The van der Waals surface area contributed by atoms with E-state index in [0.717, 1.165) is 18.1 Å². The second-order valence-electron chi connectivity index (χ2n) is 6.99. The largest absolute Gasteiger partial charge is 0.397 e. The zero-order valence-electron chi connectivity index (χ0n) is 16.8. The molecule has 6 N–H and O–H groups in total. The molecule has 0 fully saturated rings. The molecule has 0 unspecified atom stereocenters. The Morgan fingerprint density at radius 1 is 0.931 bits per heavy atom. The molecule has 0 aliphatic rings. The van der Waals surface area contributed by atoms with Crippen molar-refractivity contribution in [3.63, 3.8) is 0 Å². The van der Waals surface area contributed by atoms with Gasteiger partial charge in [0.1, 0.15) is 0 Å². The van der Waals surface area contributed by atoms with E-state index in [9.17, 15) is 5.11 Å². The maximum atomic E-state index is 9.50. The fourth-order valence-electron chi connectivity index (χ4n) is 1.36. The molecule has 0 saturated heterocycles. The minimum Gasteiger partial charge on any atom is -0.397 e. The van der Waals surface area contributed by atoms with E-state index in [0.29, 0.717) is 11.4 Å². The van der Waals surface area contributed by atoms with E-state index in [2.05, 4.69) is 71.0 Å². The van der Waals surface area contributed by atoms with Crippen molar-refractivity contribution in [2.24, 2.45) is 0 Å². The summed E-state index contributed by atoms with van der Waals surface area (Å²) in [4.78, 5) is 7.79. The first-order chi connectivity index (χ1) is 13.2. The van der Waals surface area contributed by atoms with Gasteiger partial charge in [-0.2, -0.15) is 0 Å². The molecule has 0 atom stereocenters. The zero-order valence-corrected chi connectivity index (χ0v) is 22.2. The summed E-state index contributed by atoms with van der Waals surface area (Å²) >= 11 is 8.79. The molecule has 0 saturated carbocycles. The summed E-state index contributed by atoms with van der Waals surface area (Å²) in [6, 6.07) is 0. The van der Waals surface area contributed by atoms with Crippen molar-refractivity contribution >= 4 is 71.9 Å². The minimum absolute atomic E-state index is 0.583. The maximum absolute atomic E-state index is 9.50. The van der Waals surface area contributed by atoms with Gasteiger partial charge >= 0.3 is 0 Å². The topological polar surface area (TPSA) is 118 Å². The monoisotopic (exact) mass is 640 g/mol. The summed E-state index contributed by atoms with van der Waals surface area (Å²) in [7, 11) is 0. The molecule has 2 heterocycles. The van der Waals surface area contributed by atoms with Crippen LogP contribution in [0.5, 0.6) is 0 Å². The minimum atomic E-state index is -0.838. The van der Waals surface area contributed by atoms with Crippen LogP contribution in [0.25, 0.3) is 6.08 Å². The van der Waals surface area contributed by atoms with Crippen molar-refractivity contribution in [1.82, 2.24) is 9.97 Å². The fraction of sp³-hybridized carbons (Fsp3) is 0.300. The molecule has 6 nitrogen and oxygen atoms in total. The Hall–Kier alpha value is -1.01. The molecule has 160 valence electrons. The first-order valence-electron chi connectivity index (χ1n) is 8.39. The number of halogens is 3. The Morgan fingerprint density at radius 3 is 1.72 bits per heavy atom. The number of hydrogen-bond donors (Lipinski definition) is 4. The van der Waals surface area contributed by atoms with Gasteiger partial charge in [-0.05, 0) is 82.1 Å². The smallest absolute Gasteiger partial charge is 0.0774 e. The lowest BCUT2D eigenvalue weighted by Gasteiger charge is -2.11. The maximum Gasteiger partial charge on any atom is 0.0774 e. The van der Waals surface area contributed by atoms with Crippen LogP contribution < -0.4 is 11.5 Å². The number of aromatic nitrogens is 2. The van der Waals surface area contributed by atoms with E-state index < -0.39 is 11.2 Å². The number of nitrogen functional groups attached to an aromatic ring is 2. The van der Waals surface area contributed by atoms with Gasteiger partial charge in [0.25, 0.3) is 0 Å². The van der Waals surface area contributed by atoms with Crippen molar-refractivity contribution in [1.29, 1.82) is 0 Å². The number of aliphatic hydroxyl groups is 2. The van der Waals surface area contributed by atoms with Crippen LogP contribution in [0.15, 0.2) is 52.5 Å². The molecule has 29 heavy (non-hydrogen) atoms. The summed E-state index contributed by atoms with van der Waals surface area (Å²) < 4.78 is 2.78. The molecule has 0 aliphatic heterocycles. The highest BCUT2D eigenvalue weighted by atomic mass is 127. The second-order valence-corrected chi connectivity index (χ2v) is 9.78. The van der Waals surface area contributed by atoms with E-state index in [1.165, 1.54) is 6.08 Å². The van der Waals surface area contributed by atoms with Gasteiger partial charge in [0, 0.05) is 22.4 Å². The number of anilines is 2. The standard InChI is InChI=1S/C10H13BrN2O.C5H4BrIN2.C5H10O/c1-10(2,14)4-3-7-8(11)5-13-6-9(7)12;6-3-1-9-2-4(8)5(3)7;1-4-5(2,3)6/h3-6,14H,12H2,1-2H3;1-2H,8H2;4,6H,1H2,2-3H3/b4-3+;;. The van der Waals surface area contributed by atoms with Gasteiger partial charge in [-0.1, -0.05) is 18.2 Å². The van der Waals surface area contributed by atoms with Crippen LogP contribution in [0.4, 0.5) is 11.4 Å². The third-order valence-electron chi connectivity index (χ3n) is 2.99. The van der Waals surface area contributed by atoms with Crippen LogP contribution in [-0.4, -0.2) is 31.4 Å². The molecular weight excluding hydrogens is 615 g/mol. The highest BCUT2D eigenvalue weighted by Gasteiger charge is 2.08. The summed E-state index contributed by atoms with van der Waals surface area (Å²) in [5.41, 5.74) is 11.8. The Kier molecular flexibility index (Phi) is 12.2. The average molecular weight is 642 g/mol. The lowest BCUT2D eigenvalue weighted by molar-refractivity contribution is 0.133. The third-order valence-corrected chi connectivity index (χ3v) is 6.17. The Labute approximate surface area is 202 Å². The molecule has 2 aromatic heterocycles. The first-order valence-corrected chi connectivity index (χ1v) is 11.1. The van der Waals surface area contributed by atoms with Gasteiger partial charge in [0.2, 0.25) is 0 Å². The summed E-state index contributed by atoms with van der Waals surface area (Å²) in [5, 5.41) is 18.2. The SMILES string of the molecule is C=CC(C)(C)O.CC(C)(O)/C=C/c1c(N)cncc1Br.Nc1cncc(Br)c1I. The molecule has 0 bridgehead atoms. The van der Waals surface area contributed by atoms with Crippen LogP contribution in [0.3, 0.4) is 0 Å². The molecule has 0 aromatic carbocycles. The Morgan fingerprint density at radius 2 is 1.38 bits per heavy atom. The predicted molar refractivity (Wildman–Crippen MR) is 137 cm³/mol. The summed E-state index contributed by atoms with van der Waals surface area (Å²) in [6.45, 7) is 10.1. The van der Waals surface area contributed by atoms with E-state index in [-0.39, 0.29) is 0 Å². The normalized spacial score (nSPS) is 11.2. The van der Waals surface area contributed by atoms with Crippen LogP contribution in [-0.2, 0) is 0 Å². The molecule has 0 spiro atoms. The number of pyridine rings is 2. The predicted octanol–water partition coefficient (Wildman–Crippen LogP) is 5.18. The quantitative estimate of drug-likeness (QED) is 0.271. The molecule has 0 aliphatic carbocycles. The number of nitrogens with two attached hydrogens (primary N) is 2. The third kappa shape index (κ3) is 13.0. The molecule has 9 heteroatoms. The molecule has 2 rings (SSSR count). The molecule has 0 radical (unpaired) electrons. The van der Waals surface area contributed by atoms with Crippen LogP contribution in [0.2, 0.25) is 0 Å². The molecule has 2 aromatic rings. The lowest BCUT2D eigenvalue weighted by atomic mass is 10.1. The van der Waals surface area contributed by atoms with Crippen molar-refractivity contribution < 1.29 is 10.2 Å². The van der Waals surface area contributed by atoms with Crippen LogP contribution in [0, 0.1) is 3.57 Å². The second kappa shape index (κ2) is 12.6.